The first-order chi connectivity index (χ1) is 11.8. The molecule has 3 heterocycles. The summed E-state index contributed by atoms with van der Waals surface area (Å²) >= 11 is 9.79. The summed E-state index contributed by atoms with van der Waals surface area (Å²) in [6.45, 7) is 5.34. The van der Waals surface area contributed by atoms with Crippen LogP contribution >= 0.6 is 34.3 Å². The van der Waals surface area contributed by atoms with Gasteiger partial charge in [0, 0.05) is 16.3 Å². The fourth-order valence-corrected chi connectivity index (χ4v) is 4.90. The van der Waals surface area contributed by atoms with E-state index < -0.39 is 0 Å². The molecule has 3 aromatic rings. The van der Waals surface area contributed by atoms with Crippen molar-refractivity contribution >= 4 is 40.0 Å². The van der Waals surface area contributed by atoms with Gasteiger partial charge in [0.1, 0.15) is 17.2 Å². The van der Waals surface area contributed by atoms with E-state index in [0.717, 1.165) is 48.4 Å². The number of halogens is 1. The zero-order valence-corrected chi connectivity index (χ0v) is 15.6. The van der Waals surface area contributed by atoms with Crippen LogP contribution in [-0.2, 0) is 6.54 Å². The van der Waals surface area contributed by atoms with Gasteiger partial charge in [-0.05, 0) is 23.6 Å². The lowest BCUT2D eigenvalue weighted by atomic mass is 10.2. The molecule has 0 amide bonds. The maximum Gasteiger partial charge on any atom is 0.124 e. The van der Waals surface area contributed by atoms with Crippen molar-refractivity contribution in [3.63, 3.8) is 0 Å². The zero-order valence-electron chi connectivity index (χ0n) is 13.2. The number of thiazole rings is 1. The Labute approximate surface area is 155 Å². The first kappa shape index (κ1) is 16.1. The molecule has 3 nitrogen and oxygen atoms in total. The maximum absolute atomic E-state index is 6.32. The van der Waals surface area contributed by atoms with Crippen LogP contribution in [-0.4, -0.2) is 31.2 Å². The van der Waals surface area contributed by atoms with E-state index in [1.54, 1.807) is 27.6 Å². The highest BCUT2D eigenvalue weighted by Gasteiger charge is 2.22. The molecule has 0 atom stereocenters. The standard InChI is InChI=1S/C18H18ClN3S2/c19-16-3-1-2-4-17(16)22-8-6-21(7-9-22)11-15-13-24-18(20-15)14-5-10-23-12-14/h1-5,10,12-13H,6-9,11H2/p+1. The number of hydrogen-bond acceptors (Lipinski definition) is 4. The molecule has 0 bridgehead atoms. The molecular weight excluding hydrogens is 358 g/mol. The van der Waals surface area contributed by atoms with Gasteiger partial charge >= 0.3 is 0 Å². The van der Waals surface area contributed by atoms with Crippen LogP contribution in [0.3, 0.4) is 0 Å². The maximum atomic E-state index is 6.32. The van der Waals surface area contributed by atoms with Crippen LogP contribution < -0.4 is 9.80 Å². The van der Waals surface area contributed by atoms with Crippen molar-refractivity contribution < 1.29 is 4.90 Å². The van der Waals surface area contributed by atoms with Gasteiger partial charge in [-0.15, -0.1) is 11.3 Å². The van der Waals surface area contributed by atoms with Gasteiger partial charge in [-0.2, -0.15) is 11.3 Å². The number of piperazine rings is 1. The van der Waals surface area contributed by atoms with Gasteiger partial charge in [0.25, 0.3) is 0 Å². The average Bonchev–Trinajstić information content (AvgIpc) is 3.27. The molecule has 24 heavy (non-hydrogen) atoms. The summed E-state index contributed by atoms with van der Waals surface area (Å²) in [7, 11) is 0. The molecule has 2 aromatic heterocycles. The minimum absolute atomic E-state index is 0.848. The van der Waals surface area contributed by atoms with E-state index in [4.69, 9.17) is 16.6 Å². The van der Waals surface area contributed by atoms with Crippen molar-refractivity contribution in [2.45, 2.75) is 6.54 Å². The summed E-state index contributed by atoms with van der Waals surface area (Å²) in [5.41, 5.74) is 3.61. The van der Waals surface area contributed by atoms with E-state index in [1.165, 1.54) is 11.3 Å². The van der Waals surface area contributed by atoms with Gasteiger partial charge < -0.3 is 9.80 Å². The van der Waals surface area contributed by atoms with E-state index in [2.05, 4.69) is 39.2 Å². The predicted molar refractivity (Wildman–Crippen MR) is 103 cm³/mol. The van der Waals surface area contributed by atoms with Crippen LogP contribution in [0.2, 0.25) is 5.02 Å². The molecule has 1 aliphatic heterocycles. The highest BCUT2D eigenvalue weighted by atomic mass is 35.5. The van der Waals surface area contributed by atoms with Gasteiger partial charge in [0.2, 0.25) is 0 Å². The van der Waals surface area contributed by atoms with E-state index in [9.17, 15) is 0 Å². The number of hydrogen-bond donors (Lipinski definition) is 1. The van der Waals surface area contributed by atoms with Crippen molar-refractivity contribution in [1.82, 2.24) is 4.98 Å². The molecule has 0 unspecified atom stereocenters. The Morgan fingerprint density at radius 1 is 1.12 bits per heavy atom. The van der Waals surface area contributed by atoms with Crippen LogP contribution in [0.4, 0.5) is 5.69 Å². The van der Waals surface area contributed by atoms with Gasteiger partial charge in [-0.3, -0.25) is 0 Å². The second-order valence-electron chi connectivity index (χ2n) is 6.02. The van der Waals surface area contributed by atoms with E-state index >= 15 is 0 Å². The monoisotopic (exact) mass is 376 g/mol. The molecule has 0 radical (unpaired) electrons. The Hall–Kier alpha value is -1.40. The molecule has 6 heteroatoms. The SMILES string of the molecule is Clc1ccccc1N1CC[NH+](Cc2csc(-c3ccsc3)n2)CC1. The Bertz CT molecular complexity index is 792. The van der Waals surface area contributed by atoms with E-state index in [-0.39, 0.29) is 0 Å². The molecule has 1 N–H and O–H groups in total. The molecule has 0 saturated carbocycles. The summed E-state index contributed by atoms with van der Waals surface area (Å²) in [5.74, 6) is 0. The lowest BCUT2D eigenvalue weighted by Crippen LogP contribution is -3.13. The van der Waals surface area contributed by atoms with E-state index in [0.29, 0.717) is 0 Å². The van der Waals surface area contributed by atoms with Gasteiger partial charge in [-0.1, -0.05) is 23.7 Å². The molecule has 1 saturated heterocycles. The number of nitrogens with zero attached hydrogens (tertiary/aromatic N) is 2. The van der Waals surface area contributed by atoms with E-state index in [1.807, 2.05) is 12.1 Å². The summed E-state index contributed by atoms with van der Waals surface area (Å²) in [4.78, 5) is 8.80. The molecule has 0 spiro atoms. The Morgan fingerprint density at radius 2 is 1.96 bits per heavy atom. The van der Waals surface area contributed by atoms with Gasteiger partial charge in [0.15, 0.2) is 0 Å². The molecular formula is C18H19ClN3S2+. The third-order valence-corrected chi connectivity index (χ3v) is 6.36. The highest BCUT2D eigenvalue weighted by Crippen LogP contribution is 2.26. The Morgan fingerprint density at radius 3 is 2.71 bits per heavy atom. The fraction of sp³-hybridized carbons (Fsp3) is 0.278. The smallest absolute Gasteiger partial charge is 0.124 e. The predicted octanol–water partition coefficient (Wildman–Crippen LogP) is 3.43. The largest absolute Gasteiger partial charge is 0.359 e. The number of aromatic nitrogens is 1. The Balaban J connectivity index is 1.36. The second kappa shape index (κ2) is 7.23. The fourth-order valence-electron chi connectivity index (χ4n) is 3.11. The van der Waals surface area contributed by atoms with Crippen LogP contribution in [0, 0.1) is 0 Å². The van der Waals surface area contributed by atoms with Gasteiger partial charge in [-0.25, -0.2) is 4.98 Å². The molecule has 1 aliphatic rings. The number of rotatable bonds is 4. The normalized spacial score (nSPS) is 15.8. The number of quaternary nitrogens is 1. The minimum atomic E-state index is 0.848. The van der Waals surface area contributed by atoms with Crippen molar-refractivity contribution in [3.05, 3.63) is 57.2 Å². The van der Waals surface area contributed by atoms with Crippen molar-refractivity contribution in [2.24, 2.45) is 0 Å². The number of anilines is 1. The summed E-state index contributed by atoms with van der Waals surface area (Å²) < 4.78 is 0. The quantitative estimate of drug-likeness (QED) is 0.753. The first-order valence-corrected chi connectivity index (χ1v) is 10.3. The van der Waals surface area contributed by atoms with Crippen molar-refractivity contribution in [1.29, 1.82) is 0 Å². The van der Waals surface area contributed by atoms with Crippen LogP contribution in [0.15, 0.2) is 46.5 Å². The number of benzene rings is 1. The number of nitrogens with one attached hydrogen (secondary N) is 1. The molecule has 4 rings (SSSR count). The van der Waals surface area contributed by atoms with Crippen molar-refractivity contribution in [2.75, 3.05) is 31.1 Å². The molecule has 124 valence electrons. The second-order valence-corrected chi connectivity index (χ2v) is 8.07. The average molecular weight is 377 g/mol. The van der Waals surface area contributed by atoms with Crippen LogP contribution in [0.5, 0.6) is 0 Å². The lowest BCUT2D eigenvalue weighted by Gasteiger charge is -2.33. The third-order valence-electron chi connectivity index (χ3n) is 4.41. The summed E-state index contributed by atoms with van der Waals surface area (Å²) in [6.07, 6.45) is 0. The Kier molecular flexibility index (Phi) is 4.85. The molecule has 1 aromatic carbocycles. The summed E-state index contributed by atoms with van der Waals surface area (Å²) in [5, 5.41) is 8.47. The van der Waals surface area contributed by atoms with Gasteiger partial charge in [0.05, 0.1) is 36.9 Å². The van der Waals surface area contributed by atoms with Crippen LogP contribution in [0.25, 0.3) is 10.6 Å². The first-order valence-electron chi connectivity index (χ1n) is 8.09. The minimum Gasteiger partial charge on any atom is -0.359 e. The lowest BCUT2D eigenvalue weighted by molar-refractivity contribution is -0.914. The highest BCUT2D eigenvalue weighted by molar-refractivity contribution is 7.14. The number of para-hydroxylation sites is 1. The zero-order chi connectivity index (χ0) is 16.4. The molecule has 0 aliphatic carbocycles. The number of thiophene rings is 1. The van der Waals surface area contributed by atoms with Crippen LogP contribution in [0.1, 0.15) is 5.69 Å². The summed E-state index contributed by atoms with van der Waals surface area (Å²) in [6, 6.07) is 10.3. The van der Waals surface area contributed by atoms with Crippen molar-refractivity contribution in [3.8, 4) is 10.6 Å². The molecule has 1 fully saturated rings. The topological polar surface area (TPSA) is 20.6 Å². The third kappa shape index (κ3) is 3.49.